The Kier molecular flexibility index (Phi) is 4.49. The number of hydrogen-bond acceptors (Lipinski definition) is 5. The molecule has 1 aliphatic rings. The fourth-order valence-corrected chi connectivity index (χ4v) is 3.72. The van der Waals surface area contributed by atoms with Crippen LogP contribution in [0, 0.1) is 0 Å². The van der Waals surface area contributed by atoms with Gasteiger partial charge in [-0.2, -0.15) is 0 Å². The summed E-state index contributed by atoms with van der Waals surface area (Å²) in [5.74, 6) is -0.443. The van der Waals surface area contributed by atoms with Gasteiger partial charge in [-0.15, -0.1) is 11.3 Å². The summed E-state index contributed by atoms with van der Waals surface area (Å²) in [6.45, 7) is 2.84. The van der Waals surface area contributed by atoms with Gasteiger partial charge < -0.3 is 14.7 Å². The van der Waals surface area contributed by atoms with E-state index in [-0.39, 0.29) is 12.6 Å². The number of esters is 1. The average Bonchev–Trinajstić information content (AvgIpc) is 3.10. The lowest BCUT2D eigenvalue weighted by molar-refractivity contribution is 0.0530. The number of anilines is 1. The topological polar surface area (TPSA) is 78.9 Å². The van der Waals surface area contributed by atoms with Crippen molar-refractivity contribution in [3.05, 3.63) is 29.8 Å². The average molecular weight is 334 g/mol. The van der Waals surface area contributed by atoms with Crippen LogP contribution >= 0.6 is 11.3 Å². The summed E-state index contributed by atoms with van der Waals surface area (Å²) in [5, 5.41) is 13.6. The summed E-state index contributed by atoms with van der Waals surface area (Å²) in [6, 6.07) is 7.17. The number of β-amino-alcohol motifs (C(OH)–C–C–N with tert-alkyl or cyclic N) is 1. The van der Waals surface area contributed by atoms with Crippen molar-refractivity contribution in [3.63, 3.8) is 0 Å². The van der Waals surface area contributed by atoms with Gasteiger partial charge in [0, 0.05) is 23.2 Å². The predicted octanol–water partition coefficient (Wildman–Crippen LogP) is 2.68. The van der Waals surface area contributed by atoms with E-state index in [2.05, 4.69) is 5.32 Å². The number of ether oxygens (including phenoxy) is 1. The summed E-state index contributed by atoms with van der Waals surface area (Å²) >= 11 is 1.34. The number of aliphatic hydroxyl groups excluding tert-OH is 1. The summed E-state index contributed by atoms with van der Waals surface area (Å²) in [4.78, 5) is 26.1. The van der Waals surface area contributed by atoms with Gasteiger partial charge in [0.05, 0.1) is 12.7 Å². The molecule has 0 saturated carbocycles. The van der Waals surface area contributed by atoms with E-state index in [0.29, 0.717) is 30.1 Å². The maximum atomic E-state index is 12.3. The predicted molar refractivity (Wildman–Crippen MR) is 89.0 cm³/mol. The maximum absolute atomic E-state index is 12.3. The molecule has 1 aromatic carbocycles. The zero-order valence-electron chi connectivity index (χ0n) is 12.7. The molecular formula is C16H18N2O4S. The minimum atomic E-state index is -0.479. The molecule has 0 radical (unpaired) electrons. The second-order valence-electron chi connectivity index (χ2n) is 5.34. The Morgan fingerprint density at radius 3 is 2.91 bits per heavy atom. The Morgan fingerprint density at radius 1 is 1.43 bits per heavy atom. The molecular weight excluding hydrogens is 316 g/mol. The molecule has 1 atom stereocenters. The highest BCUT2D eigenvalue weighted by atomic mass is 32.1. The summed E-state index contributed by atoms with van der Waals surface area (Å²) in [7, 11) is 0. The van der Waals surface area contributed by atoms with Gasteiger partial charge in [0.15, 0.2) is 0 Å². The van der Waals surface area contributed by atoms with Crippen LogP contribution in [0.2, 0.25) is 0 Å². The van der Waals surface area contributed by atoms with Crippen LogP contribution in [0.15, 0.2) is 24.3 Å². The van der Waals surface area contributed by atoms with Crippen LogP contribution in [-0.2, 0) is 4.74 Å². The molecule has 2 heterocycles. The molecule has 6 nitrogen and oxygen atoms in total. The lowest BCUT2D eigenvalue weighted by Gasteiger charge is -2.16. The Hall–Kier alpha value is -2.12. The van der Waals surface area contributed by atoms with Gasteiger partial charge >= 0.3 is 12.0 Å². The molecule has 3 rings (SSSR count). The van der Waals surface area contributed by atoms with Crippen molar-refractivity contribution in [2.45, 2.75) is 19.4 Å². The molecule has 2 amide bonds. The van der Waals surface area contributed by atoms with Crippen LogP contribution in [-0.4, -0.2) is 47.8 Å². The molecule has 1 aromatic heterocycles. The van der Waals surface area contributed by atoms with Crippen molar-refractivity contribution in [2.75, 3.05) is 25.0 Å². The lowest BCUT2D eigenvalue weighted by Crippen LogP contribution is -2.33. The first kappa shape index (κ1) is 15.8. The van der Waals surface area contributed by atoms with Gasteiger partial charge in [0.25, 0.3) is 0 Å². The molecule has 0 spiro atoms. The molecule has 1 fully saturated rings. The minimum Gasteiger partial charge on any atom is -0.462 e. The number of rotatable bonds is 3. The van der Waals surface area contributed by atoms with Crippen LogP contribution < -0.4 is 5.32 Å². The first-order valence-corrected chi connectivity index (χ1v) is 8.34. The van der Waals surface area contributed by atoms with Gasteiger partial charge in [0.1, 0.15) is 10.6 Å². The molecule has 1 saturated heterocycles. The standard InChI is InChI=1S/C16H18N2O4S/c1-2-22-15(20)13-11-5-3-4-6-12(11)23-14(13)17-16(21)18-8-7-10(19)9-18/h3-6,10,19H,2,7-9H2,1H3,(H,17,21)/t10-/m0/s1. The smallest absolute Gasteiger partial charge is 0.341 e. The summed E-state index contributed by atoms with van der Waals surface area (Å²) < 4.78 is 6.03. The molecule has 0 bridgehead atoms. The zero-order chi connectivity index (χ0) is 16.4. The van der Waals surface area contributed by atoms with E-state index in [9.17, 15) is 14.7 Å². The van der Waals surface area contributed by atoms with E-state index in [1.54, 1.807) is 11.8 Å². The lowest BCUT2D eigenvalue weighted by atomic mass is 10.1. The number of thiophene rings is 1. The minimum absolute atomic E-state index is 0.273. The number of aliphatic hydroxyl groups is 1. The molecule has 2 aromatic rings. The van der Waals surface area contributed by atoms with Crippen molar-refractivity contribution in [3.8, 4) is 0 Å². The molecule has 122 valence electrons. The molecule has 23 heavy (non-hydrogen) atoms. The van der Waals surface area contributed by atoms with E-state index in [1.165, 1.54) is 11.3 Å². The number of nitrogens with zero attached hydrogens (tertiary/aromatic N) is 1. The zero-order valence-corrected chi connectivity index (χ0v) is 13.6. The van der Waals surface area contributed by atoms with Gasteiger partial charge in [-0.1, -0.05) is 18.2 Å². The monoisotopic (exact) mass is 334 g/mol. The Balaban J connectivity index is 1.91. The maximum Gasteiger partial charge on any atom is 0.341 e. The number of hydrogen-bond donors (Lipinski definition) is 2. The van der Waals surface area contributed by atoms with E-state index in [4.69, 9.17) is 4.74 Å². The van der Waals surface area contributed by atoms with Crippen molar-refractivity contribution < 1.29 is 19.4 Å². The number of urea groups is 1. The van der Waals surface area contributed by atoms with Gasteiger partial charge in [-0.3, -0.25) is 5.32 Å². The van der Waals surface area contributed by atoms with Crippen LogP contribution in [0.25, 0.3) is 10.1 Å². The normalized spacial score (nSPS) is 17.5. The van der Waals surface area contributed by atoms with Crippen LogP contribution in [0.3, 0.4) is 0 Å². The number of fused-ring (bicyclic) bond motifs is 1. The highest BCUT2D eigenvalue weighted by Gasteiger charge is 2.27. The summed E-state index contributed by atoms with van der Waals surface area (Å²) in [6.07, 6.45) is 0.0950. The van der Waals surface area contributed by atoms with E-state index in [1.807, 2.05) is 24.3 Å². The van der Waals surface area contributed by atoms with Crippen LogP contribution in [0.4, 0.5) is 9.80 Å². The van der Waals surface area contributed by atoms with Gasteiger partial charge in [0.2, 0.25) is 0 Å². The van der Waals surface area contributed by atoms with Crippen molar-refractivity contribution in [1.82, 2.24) is 4.90 Å². The quantitative estimate of drug-likeness (QED) is 0.846. The fraction of sp³-hybridized carbons (Fsp3) is 0.375. The van der Waals surface area contributed by atoms with Gasteiger partial charge in [-0.25, -0.2) is 9.59 Å². The second kappa shape index (κ2) is 6.55. The molecule has 7 heteroatoms. The Bertz CT molecular complexity index is 743. The third-order valence-electron chi connectivity index (χ3n) is 3.75. The molecule has 2 N–H and O–H groups in total. The third-order valence-corrected chi connectivity index (χ3v) is 4.83. The summed E-state index contributed by atoms with van der Waals surface area (Å²) in [5.41, 5.74) is 0.389. The van der Waals surface area contributed by atoms with E-state index < -0.39 is 12.1 Å². The number of amides is 2. The van der Waals surface area contributed by atoms with Gasteiger partial charge in [-0.05, 0) is 19.4 Å². The van der Waals surface area contributed by atoms with Crippen molar-refractivity contribution in [2.24, 2.45) is 0 Å². The van der Waals surface area contributed by atoms with Crippen molar-refractivity contribution >= 4 is 38.4 Å². The number of carbonyl (C=O) groups excluding carboxylic acids is 2. The number of nitrogens with one attached hydrogen (secondary N) is 1. The van der Waals surface area contributed by atoms with E-state index in [0.717, 1.165) is 10.1 Å². The number of benzene rings is 1. The van der Waals surface area contributed by atoms with Crippen molar-refractivity contribution in [1.29, 1.82) is 0 Å². The largest absolute Gasteiger partial charge is 0.462 e. The van der Waals surface area contributed by atoms with Crippen LogP contribution in [0.1, 0.15) is 23.7 Å². The molecule has 0 unspecified atom stereocenters. The molecule has 1 aliphatic heterocycles. The molecule has 0 aliphatic carbocycles. The SMILES string of the molecule is CCOC(=O)c1c(NC(=O)N2CC[C@H](O)C2)sc2ccccc12. The first-order valence-electron chi connectivity index (χ1n) is 7.52. The number of carbonyl (C=O) groups is 2. The number of likely N-dealkylation sites (tertiary alicyclic amines) is 1. The Labute approximate surface area is 137 Å². The van der Waals surface area contributed by atoms with E-state index >= 15 is 0 Å². The highest BCUT2D eigenvalue weighted by molar-refractivity contribution is 7.23. The third kappa shape index (κ3) is 3.16. The highest BCUT2D eigenvalue weighted by Crippen LogP contribution is 2.36. The Morgan fingerprint density at radius 2 is 2.22 bits per heavy atom. The fourth-order valence-electron chi connectivity index (χ4n) is 2.64. The van der Waals surface area contributed by atoms with Crippen LogP contribution in [0.5, 0.6) is 0 Å². The second-order valence-corrected chi connectivity index (χ2v) is 6.39. The first-order chi connectivity index (χ1) is 11.1.